The van der Waals surface area contributed by atoms with E-state index in [1.165, 1.54) is 31.4 Å². The minimum absolute atomic E-state index is 0.0209. The van der Waals surface area contributed by atoms with E-state index in [2.05, 4.69) is 5.32 Å². The number of carboxylic acids is 1. The van der Waals surface area contributed by atoms with E-state index >= 15 is 0 Å². The fraction of sp³-hybridized carbons (Fsp3) is 0.250. The average molecular weight is 383 g/mol. The summed E-state index contributed by atoms with van der Waals surface area (Å²) in [5.74, 6) is -1.82. The van der Waals surface area contributed by atoms with Crippen LogP contribution in [0, 0.1) is 0 Å². The van der Waals surface area contributed by atoms with Gasteiger partial charge in [0.25, 0.3) is 5.91 Å². The molecular formula is C16H17NO6S2. The van der Waals surface area contributed by atoms with Crippen LogP contribution in [0.2, 0.25) is 0 Å². The number of methoxy groups -OCH3 is 1. The van der Waals surface area contributed by atoms with Gasteiger partial charge in [-0.05, 0) is 24.3 Å². The normalized spacial score (nSPS) is 12.5. The highest BCUT2D eigenvalue weighted by Crippen LogP contribution is 2.27. The van der Waals surface area contributed by atoms with Crippen molar-refractivity contribution in [3.05, 3.63) is 47.3 Å². The number of thiophene rings is 1. The molecule has 2 aromatic rings. The highest BCUT2D eigenvalue weighted by atomic mass is 32.2. The molecular weight excluding hydrogens is 366 g/mol. The molecule has 0 bridgehead atoms. The summed E-state index contributed by atoms with van der Waals surface area (Å²) in [5, 5.41) is 11.5. The maximum Gasteiger partial charge on any atom is 0.326 e. The van der Waals surface area contributed by atoms with Crippen molar-refractivity contribution in [2.45, 2.75) is 21.6 Å². The van der Waals surface area contributed by atoms with E-state index in [1.807, 2.05) is 0 Å². The van der Waals surface area contributed by atoms with Crippen LogP contribution >= 0.6 is 11.3 Å². The van der Waals surface area contributed by atoms with E-state index in [9.17, 15) is 18.0 Å². The summed E-state index contributed by atoms with van der Waals surface area (Å²) < 4.78 is 29.9. The number of hydrogen-bond donors (Lipinski definition) is 2. The first-order valence-corrected chi connectivity index (χ1v) is 9.59. The molecule has 1 aromatic carbocycles. The second kappa shape index (κ2) is 8.24. The summed E-state index contributed by atoms with van der Waals surface area (Å²) in [6.07, 6.45) is 0.109. The fourth-order valence-corrected chi connectivity index (χ4v) is 4.66. The number of carbonyl (C=O) groups is 2. The molecule has 7 nitrogen and oxygen atoms in total. The molecule has 0 aliphatic carbocycles. The minimum atomic E-state index is -3.71. The number of rotatable bonds is 8. The Hall–Kier alpha value is -2.23. The first-order chi connectivity index (χ1) is 11.9. The van der Waals surface area contributed by atoms with Crippen LogP contribution in [0.15, 0.2) is 51.6 Å². The Bertz CT molecular complexity index is 845. The third-order valence-corrected chi connectivity index (χ3v) is 6.68. The summed E-state index contributed by atoms with van der Waals surface area (Å²) >= 11 is 0.796. The second-order valence-corrected chi connectivity index (χ2v) is 8.34. The second-order valence-electron chi connectivity index (χ2n) is 5.08. The molecule has 1 aromatic heterocycles. The summed E-state index contributed by atoms with van der Waals surface area (Å²) in [7, 11) is -2.28. The quantitative estimate of drug-likeness (QED) is 0.719. The molecule has 0 fully saturated rings. The molecule has 0 aliphatic rings. The molecule has 1 unspecified atom stereocenters. The molecule has 2 rings (SSSR count). The molecule has 134 valence electrons. The number of ether oxygens (including phenoxy) is 1. The van der Waals surface area contributed by atoms with Crippen LogP contribution in [0.4, 0.5) is 0 Å². The van der Waals surface area contributed by atoms with Crippen LogP contribution in [-0.2, 0) is 19.4 Å². The van der Waals surface area contributed by atoms with Gasteiger partial charge in [0.1, 0.15) is 10.3 Å². The van der Waals surface area contributed by atoms with Crippen molar-refractivity contribution in [1.29, 1.82) is 0 Å². The van der Waals surface area contributed by atoms with Crippen molar-refractivity contribution in [3.8, 4) is 0 Å². The number of aliphatic carboxylic acids is 1. The van der Waals surface area contributed by atoms with Crippen molar-refractivity contribution in [1.82, 2.24) is 5.32 Å². The van der Waals surface area contributed by atoms with Crippen LogP contribution in [0.3, 0.4) is 0 Å². The summed E-state index contributed by atoms with van der Waals surface area (Å²) in [6, 6.07) is 9.47. The third kappa shape index (κ3) is 4.65. The van der Waals surface area contributed by atoms with Crippen molar-refractivity contribution >= 4 is 33.1 Å². The summed E-state index contributed by atoms with van der Waals surface area (Å²) in [5.41, 5.74) is 0. The van der Waals surface area contributed by atoms with E-state index in [0.29, 0.717) is 0 Å². The number of sulfone groups is 1. The standard InChI is InChI=1S/C16H17NO6S2/c1-23-10-9-12(16(19)20)17-15(18)13-7-8-14(24-13)25(21,22)11-5-3-2-4-6-11/h2-8,12H,9-10H2,1H3,(H,17,18)(H,19,20). The van der Waals surface area contributed by atoms with Gasteiger partial charge in [0.05, 0.1) is 9.77 Å². The van der Waals surface area contributed by atoms with E-state index in [0.717, 1.165) is 11.3 Å². The summed E-state index contributed by atoms with van der Waals surface area (Å²) in [6.45, 7) is 0.176. The third-order valence-electron chi connectivity index (χ3n) is 3.34. The molecule has 25 heavy (non-hydrogen) atoms. The lowest BCUT2D eigenvalue weighted by molar-refractivity contribution is -0.139. The van der Waals surface area contributed by atoms with E-state index in [-0.39, 0.29) is 27.0 Å². The van der Waals surface area contributed by atoms with Crippen molar-refractivity contribution < 1.29 is 27.9 Å². The number of amides is 1. The lowest BCUT2D eigenvalue weighted by Gasteiger charge is -2.13. The highest BCUT2D eigenvalue weighted by Gasteiger charge is 2.24. The van der Waals surface area contributed by atoms with Gasteiger partial charge >= 0.3 is 5.97 Å². The van der Waals surface area contributed by atoms with Gasteiger partial charge in [-0.1, -0.05) is 18.2 Å². The lowest BCUT2D eigenvalue weighted by Crippen LogP contribution is -2.41. The number of benzene rings is 1. The van der Waals surface area contributed by atoms with Crippen molar-refractivity contribution in [2.75, 3.05) is 13.7 Å². The zero-order valence-electron chi connectivity index (χ0n) is 13.3. The zero-order chi connectivity index (χ0) is 18.4. The summed E-state index contributed by atoms with van der Waals surface area (Å²) in [4.78, 5) is 23.6. The van der Waals surface area contributed by atoms with Crippen LogP contribution in [-0.4, -0.2) is 45.2 Å². The first-order valence-electron chi connectivity index (χ1n) is 7.29. The Labute approximate surface area is 149 Å². The number of nitrogens with one attached hydrogen (secondary N) is 1. The first kappa shape index (κ1) is 19.1. The largest absolute Gasteiger partial charge is 0.480 e. The van der Waals surface area contributed by atoms with Gasteiger partial charge in [-0.3, -0.25) is 4.79 Å². The maximum atomic E-state index is 12.5. The van der Waals surface area contributed by atoms with Gasteiger partial charge in [0, 0.05) is 20.1 Å². The Kier molecular flexibility index (Phi) is 6.29. The highest BCUT2D eigenvalue weighted by molar-refractivity contribution is 7.93. The Morgan fingerprint density at radius 3 is 2.48 bits per heavy atom. The number of carbonyl (C=O) groups excluding carboxylic acids is 1. The minimum Gasteiger partial charge on any atom is -0.480 e. The van der Waals surface area contributed by atoms with Crippen LogP contribution in [0.5, 0.6) is 0 Å². The molecule has 1 atom stereocenters. The van der Waals surface area contributed by atoms with E-state index in [4.69, 9.17) is 9.84 Å². The topological polar surface area (TPSA) is 110 Å². The molecule has 0 saturated heterocycles. The van der Waals surface area contributed by atoms with Gasteiger partial charge in [0.2, 0.25) is 9.84 Å². The monoisotopic (exact) mass is 383 g/mol. The van der Waals surface area contributed by atoms with E-state index in [1.54, 1.807) is 18.2 Å². The SMILES string of the molecule is COCCC(NC(=O)c1ccc(S(=O)(=O)c2ccccc2)s1)C(=O)O. The Morgan fingerprint density at radius 2 is 1.88 bits per heavy atom. The smallest absolute Gasteiger partial charge is 0.326 e. The molecule has 2 N–H and O–H groups in total. The van der Waals surface area contributed by atoms with Crippen LogP contribution in [0.25, 0.3) is 0 Å². The molecule has 9 heteroatoms. The molecule has 1 amide bonds. The number of carboxylic acid groups (broad SMARTS) is 1. The number of hydrogen-bond acceptors (Lipinski definition) is 6. The van der Waals surface area contributed by atoms with Crippen molar-refractivity contribution in [2.24, 2.45) is 0 Å². The Balaban J connectivity index is 2.17. The van der Waals surface area contributed by atoms with Gasteiger partial charge < -0.3 is 15.2 Å². The predicted octanol–water partition coefficient (Wildman–Crippen LogP) is 1.80. The van der Waals surface area contributed by atoms with Gasteiger partial charge in [-0.2, -0.15) is 0 Å². The van der Waals surface area contributed by atoms with Gasteiger partial charge in [-0.25, -0.2) is 13.2 Å². The van der Waals surface area contributed by atoms with Crippen LogP contribution < -0.4 is 5.32 Å². The molecule has 0 aliphatic heterocycles. The van der Waals surface area contributed by atoms with Gasteiger partial charge in [0.15, 0.2) is 0 Å². The molecule has 0 spiro atoms. The fourth-order valence-electron chi connectivity index (χ4n) is 2.02. The zero-order valence-corrected chi connectivity index (χ0v) is 15.0. The predicted molar refractivity (Wildman–Crippen MR) is 91.6 cm³/mol. The lowest BCUT2D eigenvalue weighted by atomic mass is 10.2. The van der Waals surface area contributed by atoms with Crippen LogP contribution in [0.1, 0.15) is 16.1 Å². The Morgan fingerprint density at radius 1 is 1.20 bits per heavy atom. The van der Waals surface area contributed by atoms with E-state index < -0.39 is 27.8 Å². The van der Waals surface area contributed by atoms with Crippen molar-refractivity contribution in [3.63, 3.8) is 0 Å². The van der Waals surface area contributed by atoms with Gasteiger partial charge in [-0.15, -0.1) is 11.3 Å². The molecule has 0 saturated carbocycles. The average Bonchev–Trinajstić information content (AvgIpc) is 3.10. The maximum absolute atomic E-state index is 12.5. The molecule has 0 radical (unpaired) electrons. The molecule has 1 heterocycles.